The van der Waals surface area contributed by atoms with Crippen LogP contribution in [0.1, 0.15) is 26.6 Å². The van der Waals surface area contributed by atoms with Gasteiger partial charge in [-0.2, -0.15) is 0 Å². The topological polar surface area (TPSA) is 125 Å². The van der Waals surface area contributed by atoms with E-state index in [9.17, 15) is 19.7 Å². The Bertz CT molecular complexity index is 1060. The number of nitro benzene ring substituents is 1. The van der Waals surface area contributed by atoms with Crippen molar-refractivity contribution < 1.29 is 23.8 Å². The molecule has 1 amide bonds. The Labute approximate surface area is 163 Å². The molecule has 0 aliphatic carbocycles. The number of nitrogens with one attached hydrogen (secondary N) is 1. The molecule has 10 heteroatoms. The van der Waals surface area contributed by atoms with Gasteiger partial charge in [0.1, 0.15) is 5.75 Å². The van der Waals surface area contributed by atoms with Crippen molar-refractivity contribution in [3.05, 3.63) is 80.7 Å². The Kier molecular flexibility index (Phi) is 5.37. The minimum absolute atomic E-state index is 0.0322. The summed E-state index contributed by atoms with van der Waals surface area (Å²) in [5, 5.41) is 17.1. The molecule has 0 saturated heterocycles. The maximum Gasteiger partial charge on any atom is 0.382 e. The van der Waals surface area contributed by atoms with Crippen LogP contribution < -0.4 is 10.1 Å². The summed E-state index contributed by atoms with van der Waals surface area (Å²) in [6.07, 6.45) is 0. The Hall–Kier alpha value is -3.72. The second kappa shape index (κ2) is 7.89. The first-order chi connectivity index (χ1) is 13.3. The molecule has 9 nitrogen and oxygen atoms in total. The Balaban J connectivity index is 1.69. The molecule has 0 aliphatic heterocycles. The van der Waals surface area contributed by atoms with E-state index in [1.54, 1.807) is 6.92 Å². The van der Waals surface area contributed by atoms with Crippen LogP contribution in [0.15, 0.2) is 53.1 Å². The van der Waals surface area contributed by atoms with Crippen molar-refractivity contribution in [2.75, 3.05) is 5.32 Å². The fourth-order valence-electron chi connectivity index (χ4n) is 2.22. The highest BCUT2D eigenvalue weighted by molar-refractivity contribution is 6.34. The highest BCUT2D eigenvalue weighted by atomic mass is 35.5. The van der Waals surface area contributed by atoms with Crippen LogP contribution in [0.25, 0.3) is 0 Å². The first-order valence-corrected chi connectivity index (χ1v) is 8.22. The predicted molar refractivity (Wildman–Crippen MR) is 98.7 cm³/mol. The Morgan fingerprint density at radius 3 is 2.50 bits per heavy atom. The first-order valence-electron chi connectivity index (χ1n) is 7.84. The lowest BCUT2D eigenvalue weighted by Crippen LogP contribution is -2.13. The largest absolute Gasteiger partial charge is 0.421 e. The van der Waals surface area contributed by atoms with Crippen LogP contribution in [0.2, 0.25) is 5.02 Å². The summed E-state index contributed by atoms with van der Waals surface area (Å²) < 4.78 is 9.96. The summed E-state index contributed by atoms with van der Waals surface area (Å²) in [7, 11) is 0. The van der Waals surface area contributed by atoms with Gasteiger partial charge in [0.2, 0.25) is 5.76 Å². The smallest absolute Gasteiger partial charge is 0.382 e. The second-order valence-electron chi connectivity index (χ2n) is 5.62. The number of nitrogens with zero attached hydrogens (tertiary/aromatic N) is 2. The van der Waals surface area contributed by atoms with E-state index in [4.69, 9.17) is 20.9 Å². The van der Waals surface area contributed by atoms with Gasteiger partial charge < -0.3 is 14.6 Å². The molecule has 3 aromatic rings. The van der Waals surface area contributed by atoms with E-state index in [1.165, 1.54) is 42.5 Å². The first kappa shape index (κ1) is 19.1. The number of hydrogen-bond donors (Lipinski definition) is 1. The number of halogens is 1. The number of rotatable bonds is 5. The lowest BCUT2D eigenvalue weighted by atomic mass is 10.2. The van der Waals surface area contributed by atoms with Crippen molar-refractivity contribution in [2.24, 2.45) is 0 Å². The number of benzene rings is 2. The molecule has 3 rings (SSSR count). The number of amides is 1. The van der Waals surface area contributed by atoms with Gasteiger partial charge in [-0.25, -0.2) is 4.79 Å². The number of carbonyl (C=O) groups excluding carboxylic acids is 2. The summed E-state index contributed by atoms with van der Waals surface area (Å²) in [5.41, 5.74) is 0.638. The molecule has 0 aliphatic rings. The van der Waals surface area contributed by atoms with Crippen molar-refractivity contribution in [2.45, 2.75) is 6.92 Å². The van der Waals surface area contributed by atoms with Crippen LogP contribution in [-0.4, -0.2) is 22.0 Å². The van der Waals surface area contributed by atoms with Crippen LogP contribution in [0.5, 0.6) is 5.75 Å². The van der Waals surface area contributed by atoms with E-state index in [0.29, 0.717) is 11.4 Å². The number of esters is 1. The molecular weight excluding hydrogens is 390 g/mol. The van der Waals surface area contributed by atoms with E-state index in [2.05, 4.69) is 10.5 Å². The fourth-order valence-corrected chi connectivity index (χ4v) is 2.43. The molecule has 142 valence electrons. The molecule has 0 unspecified atom stereocenters. The number of ether oxygens (including phenoxy) is 1. The van der Waals surface area contributed by atoms with Crippen LogP contribution in [0.4, 0.5) is 11.4 Å². The molecule has 1 N–H and O–H groups in total. The van der Waals surface area contributed by atoms with E-state index >= 15 is 0 Å². The van der Waals surface area contributed by atoms with Gasteiger partial charge in [-0.05, 0) is 37.3 Å². The zero-order valence-corrected chi connectivity index (χ0v) is 15.1. The lowest BCUT2D eigenvalue weighted by molar-refractivity contribution is -0.384. The third-order valence-electron chi connectivity index (χ3n) is 3.56. The summed E-state index contributed by atoms with van der Waals surface area (Å²) in [5.74, 6) is -1.13. The minimum atomic E-state index is -0.708. The summed E-state index contributed by atoms with van der Waals surface area (Å²) in [6.45, 7) is 1.67. The zero-order chi connectivity index (χ0) is 20.3. The average Bonchev–Trinajstić information content (AvgIpc) is 3.10. The van der Waals surface area contributed by atoms with E-state index in [1.807, 2.05) is 0 Å². The third kappa shape index (κ3) is 4.33. The Morgan fingerprint density at radius 1 is 1.18 bits per heavy atom. The van der Waals surface area contributed by atoms with E-state index < -0.39 is 16.8 Å². The number of hydrogen-bond acceptors (Lipinski definition) is 7. The van der Waals surface area contributed by atoms with Gasteiger partial charge >= 0.3 is 5.97 Å². The van der Waals surface area contributed by atoms with Gasteiger partial charge in [-0.15, -0.1) is 0 Å². The van der Waals surface area contributed by atoms with Gasteiger partial charge in [-0.3, -0.25) is 14.9 Å². The predicted octanol–water partition coefficient (Wildman–Crippen LogP) is 4.02. The van der Waals surface area contributed by atoms with Crippen molar-refractivity contribution in [1.29, 1.82) is 0 Å². The summed E-state index contributed by atoms with van der Waals surface area (Å²) in [4.78, 5) is 34.5. The quantitative estimate of drug-likeness (QED) is 0.296. The second-order valence-corrected chi connectivity index (χ2v) is 6.03. The number of nitro groups is 1. The number of anilines is 1. The fraction of sp³-hybridized carbons (Fsp3) is 0.0556. The van der Waals surface area contributed by atoms with Crippen molar-refractivity contribution >= 4 is 34.9 Å². The van der Waals surface area contributed by atoms with Crippen molar-refractivity contribution in [3.63, 3.8) is 0 Å². The van der Waals surface area contributed by atoms with Gasteiger partial charge in [0.25, 0.3) is 11.6 Å². The molecule has 1 heterocycles. The molecule has 1 aromatic heterocycles. The van der Waals surface area contributed by atoms with E-state index in [-0.39, 0.29) is 27.8 Å². The number of aryl methyl sites for hydroxylation is 1. The van der Waals surface area contributed by atoms with Crippen molar-refractivity contribution in [3.8, 4) is 5.75 Å². The molecule has 0 radical (unpaired) electrons. The molecular formula is C18H12ClN3O6. The normalized spacial score (nSPS) is 10.4. The number of non-ortho nitro benzene ring substituents is 1. The molecule has 0 fully saturated rings. The van der Waals surface area contributed by atoms with E-state index in [0.717, 1.165) is 6.07 Å². The highest BCUT2D eigenvalue weighted by Crippen LogP contribution is 2.24. The molecule has 28 heavy (non-hydrogen) atoms. The molecule has 0 saturated carbocycles. The van der Waals surface area contributed by atoms with Gasteiger partial charge in [0.05, 0.1) is 21.2 Å². The van der Waals surface area contributed by atoms with Crippen LogP contribution in [0, 0.1) is 17.0 Å². The standard InChI is InChI=1S/C18H12ClN3O6/c1-10-8-16(28-21-10)18(24)27-13-5-2-11(3-6-13)20-17(23)14-9-12(22(25)26)4-7-15(14)19/h2-9H,1H3,(H,20,23). The van der Waals surface area contributed by atoms with Crippen LogP contribution in [-0.2, 0) is 0 Å². The van der Waals surface area contributed by atoms with Crippen LogP contribution in [0.3, 0.4) is 0 Å². The van der Waals surface area contributed by atoms with Crippen molar-refractivity contribution in [1.82, 2.24) is 5.16 Å². The molecule has 2 aromatic carbocycles. The zero-order valence-electron chi connectivity index (χ0n) is 14.3. The number of aromatic nitrogens is 1. The highest BCUT2D eigenvalue weighted by Gasteiger charge is 2.17. The number of carbonyl (C=O) groups is 2. The average molecular weight is 402 g/mol. The van der Waals surface area contributed by atoms with Gasteiger partial charge in [-0.1, -0.05) is 16.8 Å². The monoisotopic (exact) mass is 401 g/mol. The summed E-state index contributed by atoms with van der Waals surface area (Å²) >= 11 is 5.95. The summed E-state index contributed by atoms with van der Waals surface area (Å²) in [6, 6.07) is 10.9. The maximum absolute atomic E-state index is 12.3. The third-order valence-corrected chi connectivity index (χ3v) is 3.89. The van der Waals surface area contributed by atoms with Crippen LogP contribution >= 0.6 is 11.6 Å². The Morgan fingerprint density at radius 2 is 1.89 bits per heavy atom. The van der Waals surface area contributed by atoms with Gasteiger partial charge in [0.15, 0.2) is 0 Å². The molecule has 0 bridgehead atoms. The molecule has 0 atom stereocenters. The molecule has 0 spiro atoms. The maximum atomic E-state index is 12.3. The SMILES string of the molecule is Cc1cc(C(=O)Oc2ccc(NC(=O)c3cc([N+](=O)[O-])ccc3Cl)cc2)on1. The van der Waals surface area contributed by atoms with Gasteiger partial charge in [0, 0.05) is 23.9 Å². The minimum Gasteiger partial charge on any atom is -0.421 e. The lowest BCUT2D eigenvalue weighted by Gasteiger charge is -2.08.